The first-order valence-corrected chi connectivity index (χ1v) is 13.3. The molecule has 0 saturated heterocycles. The van der Waals surface area contributed by atoms with E-state index < -0.39 is 46.0 Å². The Morgan fingerprint density at radius 1 is 1.03 bits per heavy atom. The monoisotopic (exact) mass is 544 g/mol. The normalized spacial score (nSPS) is 12.9. The molecular weight excluding hydrogens is 517 g/mol. The fraction of sp³-hybridized carbons (Fsp3) is 0.417. The third kappa shape index (κ3) is 6.45. The Hall–Kier alpha value is -3.48. The van der Waals surface area contributed by atoms with E-state index in [2.05, 4.69) is 0 Å². The summed E-state index contributed by atoms with van der Waals surface area (Å²) in [5.74, 6) is -0.727. The molecule has 37 heavy (non-hydrogen) atoms. The smallest absolute Gasteiger partial charge is 0.406 e. The van der Waals surface area contributed by atoms with Crippen molar-refractivity contribution in [3.05, 3.63) is 58.0 Å². The average Bonchev–Trinajstić information content (AvgIpc) is 3.06. The number of carbonyl (C=O) groups is 1. The molecule has 2 aromatic carbocycles. The number of ether oxygens (including phenoxy) is 3. The molecule has 3 aromatic rings. The van der Waals surface area contributed by atoms with Gasteiger partial charge in [0.1, 0.15) is 16.4 Å². The van der Waals surface area contributed by atoms with Crippen LogP contribution < -0.4 is 15.2 Å². The highest BCUT2D eigenvalue weighted by molar-refractivity contribution is 7.90. The maximum absolute atomic E-state index is 13.5. The highest BCUT2D eigenvalue weighted by Crippen LogP contribution is 2.33. The van der Waals surface area contributed by atoms with Gasteiger partial charge in [0.25, 0.3) is 0 Å². The van der Waals surface area contributed by atoms with E-state index in [9.17, 15) is 31.2 Å². The van der Waals surface area contributed by atoms with E-state index in [4.69, 9.17) is 14.2 Å². The van der Waals surface area contributed by atoms with Gasteiger partial charge in [0.15, 0.2) is 11.5 Å². The Labute approximate surface area is 211 Å². The zero-order valence-corrected chi connectivity index (χ0v) is 21.5. The molecule has 0 amide bonds. The van der Waals surface area contributed by atoms with E-state index in [0.29, 0.717) is 15.9 Å². The lowest BCUT2D eigenvalue weighted by Crippen LogP contribution is -2.34. The number of halogens is 3. The highest BCUT2D eigenvalue weighted by Gasteiger charge is 2.33. The van der Waals surface area contributed by atoms with E-state index in [1.807, 2.05) is 0 Å². The molecule has 0 aliphatic rings. The molecule has 1 unspecified atom stereocenters. The molecule has 3 rings (SSSR count). The van der Waals surface area contributed by atoms with Crippen LogP contribution >= 0.6 is 0 Å². The second-order valence-corrected chi connectivity index (χ2v) is 10.4. The van der Waals surface area contributed by atoms with Crippen molar-refractivity contribution in [3.8, 4) is 11.5 Å². The second kappa shape index (κ2) is 10.9. The lowest BCUT2D eigenvalue weighted by Gasteiger charge is -2.20. The summed E-state index contributed by atoms with van der Waals surface area (Å²) in [5.41, 5.74) is -1.01. The molecule has 13 heteroatoms. The number of fused-ring (bicyclic) bond motifs is 1. The number of hydrogen-bond acceptors (Lipinski definition) is 7. The first-order valence-electron chi connectivity index (χ1n) is 11.3. The van der Waals surface area contributed by atoms with E-state index >= 15 is 0 Å². The molecule has 1 atom stereocenters. The fourth-order valence-corrected chi connectivity index (χ4v) is 4.94. The number of esters is 1. The summed E-state index contributed by atoms with van der Waals surface area (Å²) in [4.78, 5) is 25.7. The molecule has 0 aliphatic carbocycles. The van der Waals surface area contributed by atoms with Crippen LogP contribution in [-0.2, 0) is 21.1 Å². The van der Waals surface area contributed by atoms with Crippen molar-refractivity contribution in [1.29, 1.82) is 0 Å². The molecular formula is C24H27F3N2O7S. The minimum atomic E-state index is -4.77. The van der Waals surface area contributed by atoms with Gasteiger partial charge < -0.3 is 14.2 Å². The number of nitrogens with zero attached hydrogens (tertiary/aromatic N) is 2. The van der Waals surface area contributed by atoms with Crippen LogP contribution in [0.1, 0.15) is 35.8 Å². The summed E-state index contributed by atoms with van der Waals surface area (Å²) < 4.78 is 82.4. The number of benzene rings is 2. The Morgan fingerprint density at radius 2 is 1.73 bits per heavy atom. The summed E-state index contributed by atoms with van der Waals surface area (Å²) in [7, 11) is -2.32. The van der Waals surface area contributed by atoms with Crippen LogP contribution in [0.2, 0.25) is 0 Å². The van der Waals surface area contributed by atoms with Gasteiger partial charge in [0.2, 0.25) is 0 Å². The molecule has 0 fully saturated rings. The van der Waals surface area contributed by atoms with E-state index in [0.717, 1.165) is 16.9 Å². The SMILES string of the molecule is CCOC(=O)c1ccc2c(c1)n(CC(F)(F)F)c(=O)n2C(CS(C)(=O)=O)c1ccc(OC)c(OCC)c1. The van der Waals surface area contributed by atoms with Crippen LogP contribution in [0.5, 0.6) is 11.5 Å². The Kier molecular flexibility index (Phi) is 8.25. The van der Waals surface area contributed by atoms with Crippen LogP contribution in [0.15, 0.2) is 41.2 Å². The summed E-state index contributed by atoms with van der Waals surface area (Å²) in [6.45, 7) is 1.98. The molecule has 202 valence electrons. The number of sulfone groups is 1. The van der Waals surface area contributed by atoms with Crippen molar-refractivity contribution >= 4 is 26.8 Å². The van der Waals surface area contributed by atoms with Gasteiger partial charge in [-0.05, 0) is 49.7 Å². The standard InChI is InChI=1S/C24H27F3N2O7S/c1-5-35-21-12-15(8-10-20(21)34-3)19(13-37(4,32)33)29-17-9-7-16(22(30)36-6-2)11-18(17)28(23(29)31)14-24(25,26)27/h7-12,19H,5-6,13-14H2,1-4H3. The van der Waals surface area contributed by atoms with Crippen molar-refractivity contribution in [3.63, 3.8) is 0 Å². The number of imidazole rings is 1. The summed E-state index contributed by atoms with van der Waals surface area (Å²) in [6, 6.07) is 7.07. The van der Waals surface area contributed by atoms with Gasteiger partial charge in [0.05, 0.1) is 48.7 Å². The lowest BCUT2D eigenvalue weighted by molar-refractivity contribution is -0.140. The van der Waals surface area contributed by atoms with Crippen molar-refractivity contribution in [1.82, 2.24) is 9.13 Å². The number of carbonyl (C=O) groups excluding carboxylic acids is 1. The molecule has 1 heterocycles. The summed E-state index contributed by atoms with van der Waals surface area (Å²) in [6.07, 6.45) is -3.80. The third-order valence-electron chi connectivity index (χ3n) is 5.46. The first kappa shape index (κ1) is 28.1. The summed E-state index contributed by atoms with van der Waals surface area (Å²) >= 11 is 0. The fourth-order valence-electron chi connectivity index (χ4n) is 4.03. The van der Waals surface area contributed by atoms with E-state index in [1.165, 1.54) is 37.4 Å². The highest BCUT2D eigenvalue weighted by atomic mass is 32.2. The van der Waals surface area contributed by atoms with Gasteiger partial charge in [-0.1, -0.05) is 6.07 Å². The predicted molar refractivity (Wildman–Crippen MR) is 130 cm³/mol. The van der Waals surface area contributed by atoms with Crippen LogP contribution in [0.25, 0.3) is 11.0 Å². The number of hydrogen-bond donors (Lipinski definition) is 0. The van der Waals surface area contributed by atoms with Gasteiger partial charge in [-0.15, -0.1) is 0 Å². The Bertz CT molecular complexity index is 1460. The van der Waals surface area contributed by atoms with Crippen molar-refractivity contribution < 1.29 is 40.6 Å². The Morgan fingerprint density at radius 3 is 2.30 bits per heavy atom. The third-order valence-corrected chi connectivity index (χ3v) is 6.38. The molecule has 0 spiro atoms. The second-order valence-electron chi connectivity index (χ2n) is 8.23. The van der Waals surface area contributed by atoms with Crippen LogP contribution in [0, 0.1) is 0 Å². The van der Waals surface area contributed by atoms with Crippen molar-refractivity contribution in [2.45, 2.75) is 32.6 Å². The number of methoxy groups -OCH3 is 1. The van der Waals surface area contributed by atoms with E-state index in [-0.39, 0.29) is 35.6 Å². The van der Waals surface area contributed by atoms with Crippen LogP contribution in [-0.4, -0.2) is 62.0 Å². The number of aromatic nitrogens is 2. The predicted octanol–water partition coefficient (Wildman–Crippen LogP) is 3.58. The van der Waals surface area contributed by atoms with Crippen molar-refractivity contribution in [2.24, 2.45) is 0 Å². The minimum Gasteiger partial charge on any atom is -0.493 e. The quantitative estimate of drug-likeness (QED) is 0.359. The molecule has 0 aliphatic heterocycles. The average molecular weight is 545 g/mol. The van der Waals surface area contributed by atoms with Crippen LogP contribution in [0.4, 0.5) is 13.2 Å². The largest absolute Gasteiger partial charge is 0.493 e. The van der Waals surface area contributed by atoms with Gasteiger partial charge in [-0.25, -0.2) is 18.0 Å². The minimum absolute atomic E-state index is 0.0183. The maximum Gasteiger partial charge on any atom is 0.406 e. The molecule has 0 N–H and O–H groups in total. The van der Waals surface area contributed by atoms with Gasteiger partial charge in [0, 0.05) is 6.26 Å². The zero-order valence-electron chi connectivity index (χ0n) is 20.7. The van der Waals surface area contributed by atoms with Crippen LogP contribution in [0.3, 0.4) is 0 Å². The van der Waals surface area contributed by atoms with Gasteiger partial charge >= 0.3 is 17.8 Å². The Balaban J connectivity index is 2.35. The van der Waals surface area contributed by atoms with E-state index in [1.54, 1.807) is 13.8 Å². The molecule has 0 bridgehead atoms. The lowest BCUT2D eigenvalue weighted by atomic mass is 10.1. The number of alkyl halides is 3. The summed E-state index contributed by atoms with van der Waals surface area (Å²) in [5, 5.41) is 0. The molecule has 1 aromatic heterocycles. The molecule has 0 saturated carbocycles. The first-order chi connectivity index (χ1) is 17.3. The molecule has 9 nitrogen and oxygen atoms in total. The van der Waals surface area contributed by atoms with Gasteiger partial charge in [-0.3, -0.25) is 9.13 Å². The maximum atomic E-state index is 13.5. The van der Waals surface area contributed by atoms with Crippen molar-refractivity contribution in [2.75, 3.05) is 32.3 Å². The van der Waals surface area contributed by atoms with Gasteiger partial charge in [-0.2, -0.15) is 13.2 Å². The number of rotatable bonds is 10. The zero-order chi connectivity index (χ0) is 27.5. The molecule has 0 radical (unpaired) electrons. The topological polar surface area (TPSA) is 106 Å².